The third kappa shape index (κ3) is 3.07. The first-order valence-electron chi connectivity index (χ1n) is 6.05. The number of aliphatic hydroxyl groups is 2. The molecule has 0 saturated heterocycles. The number of halogens is 1. The SMILES string of the molecule is Nc1c(CCO)cccc1C(O)c1ccc(Cl)cc1. The fourth-order valence-corrected chi connectivity index (χ4v) is 2.16. The second-order valence-corrected chi connectivity index (χ2v) is 4.78. The van der Waals surface area contributed by atoms with E-state index in [1.807, 2.05) is 12.1 Å². The fraction of sp³-hybridized carbons (Fsp3) is 0.200. The molecule has 0 aliphatic carbocycles. The Morgan fingerprint density at radius 2 is 1.79 bits per heavy atom. The predicted octanol–water partition coefficient (Wildman–Crippen LogP) is 2.54. The van der Waals surface area contributed by atoms with Crippen LogP contribution in [-0.2, 0) is 6.42 Å². The Kier molecular flexibility index (Phi) is 4.43. The molecule has 3 nitrogen and oxygen atoms in total. The lowest BCUT2D eigenvalue weighted by Gasteiger charge is -2.16. The number of hydrogen-bond donors (Lipinski definition) is 3. The molecule has 0 spiro atoms. The first kappa shape index (κ1) is 13.9. The molecule has 2 aromatic rings. The lowest BCUT2D eigenvalue weighted by molar-refractivity contribution is 0.221. The quantitative estimate of drug-likeness (QED) is 0.753. The van der Waals surface area contributed by atoms with Crippen LogP contribution >= 0.6 is 11.6 Å². The minimum Gasteiger partial charge on any atom is -0.398 e. The third-order valence-electron chi connectivity index (χ3n) is 3.09. The zero-order valence-corrected chi connectivity index (χ0v) is 11.1. The number of anilines is 1. The number of nitrogen functional groups attached to an aromatic ring is 1. The molecule has 19 heavy (non-hydrogen) atoms. The van der Waals surface area contributed by atoms with E-state index < -0.39 is 6.10 Å². The summed E-state index contributed by atoms with van der Waals surface area (Å²) in [5, 5.41) is 20.0. The second kappa shape index (κ2) is 6.06. The van der Waals surface area contributed by atoms with E-state index in [0.717, 1.165) is 11.1 Å². The van der Waals surface area contributed by atoms with E-state index in [4.69, 9.17) is 22.4 Å². The Hall–Kier alpha value is -1.55. The molecule has 0 amide bonds. The summed E-state index contributed by atoms with van der Waals surface area (Å²) < 4.78 is 0. The van der Waals surface area contributed by atoms with Gasteiger partial charge in [-0.05, 0) is 29.7 Å². The highest BCUT2D eigenvalue weighted by molar-refractivity contribution is 6.30. The molecule has 0 aromatic heterocycles. The topological polar surface area (TPSA) is 66.5 Å². The normalized spacial score (nSPS) is 12.4. The van der Waals surface area contributed by atoms with Crippen molar-refractivity contribution in [2.45, 2.75) is 12.5 Å². The largest absolute Gasteiger partial charge is 0.398 e. The lowest BCUT2D eigenvalue weighted by atomic mass is 9.96. The molecule has 4 N–H and O–H groups in total. The maximum Gasteiger partial charge on any atom is 0.106 e. The van der Waals surface area contributed by atoms with Crippen molar-refractivity contribution in [1.29, 1.82) is 0 Å². The summed E-state index contributed by atoms with van der Waals surface area (Å²) in [5.74, 6) is 0. The molecule has 1 atom stereocenters. The van der Waals surface area contributed by atoms with E-state index in [9.17, 15) is 5.11 Å². The van der Waals surface area contributed by atoms with Gasteiger partial charge in [0.05, 0.1) is 0 Å². The molecular weight excluding hydrogens is 262 g/mol. The second-order valence-electron chi connectivity index (χ2n) is 4.35. The van der Waals surface area contributed by atoms with Crippen LogP contribution in [0.3, 0.4) is 0 Å². The van der Waals surface area contributed by atoms with Gasteiger partial charge in [-0.1, -0.05) is 41.9 Å². The van der Waals surface area contributed by atoms with Crippen LogP contribution in [0.4, 0.5) is 5.69 Å². The van der Waals surface area contributed by atoms with Crippen LogP contribution in [0.5, 0.6) is 0 Å². The Balaban J connectivity index is 2.35. The van der Waals surface area contributed by atoms with Crippen LogP contribution in [-0.4, -0.2) is 16.8 Å². The van der Waals surface area contributed by atoms with E-state index in [2.05, 4.69) is 0 Å². The van der Waals surface area contributed by atoms with E-state index in [-0.39, 0.29) is 6.61 Å². The van der Waals surface area contributed by atoms with Gasteiger partial charge in [0.2, 0.25) is 0 Å². The fourth-order valence-electron chi connectivity index (χ4n) is 2.03. The average Bonchev–Trinajstić information content (AvgIpc) is 2.41. The summed E-state index contributed by atoms with van der Waals surface area (Å²) in [7, 11) is 0. The Morgan fingerprint density at radius 1 is 1.11 bits per heavy atom. The number of benzene rings is 2. The molecule has 0 bridgehead atoms. The van der Waals surface area contributed by atoms with E-state index >= 15 is 0 Å². The van der Waals surface area contributed by atoms with Gasteiger partial charge in [-0.3, -0.25) is 0 Å². The van der Waals surface area contributed by atoms with Gasteiger partial charge in [0.25, 0.3) is 0 Å². The maximum absolute atomic E-state index is 10.4. The molecule has 0 aliphatic rings. The maximum atomic E-state index is 10.4. The zero-order chi connectivity index (χ0) is 13.8. The van der Waals surface area contributed by atoms with Crippen molar-refractivity contribution in [2.75, 3.05) is 12.3 Å². The minimum atomic E-state index is -0.795. The predicted molar refractivity (Wildman–Crippen MR) is 77.2 cm³/mol. The highest BCUT2D eigenvalue weighted by atomic mass is 35.5. The standard InChI is InChI=1S/C15H16ClNO2/c16-12-6-4-11(5-7-12)15(19)13-3-1-2-10(8-9-18)14(13)17/h1-7,15,18-19H,8-9,17H2. The van der Waals surface area contributed by atoms with Crippen molar-refractivity contribution >= 4 is 17.3 Å². The third-order valence-corrected chi connectivity index (χ3v) is 3.34. The van der Waals surface area contributed by atoms with Crippen LogP contribution in [0, 0.1) is 0 Å². The van der Waals surface area contributed by atoms with Gasteiger partial charge in [0, 0.05) is 22.9 Å². The van der Waals surface area contributed by atoms with Crippen molar-refractivity contribution in [3.63, 3.8) is 0 Å². The van der Waals surface area contributed by atoms with E-state index in [1.54, 1.807) is 30.3 Å². The summed E-state index contributed by atoms with van der Waals surface area (Å²) in [6.07, 6.45) is -0.316. The number of rotatable bonds is 4. The van der Waals surface area contributed by atoms with Gasteiger partial charge in [-0.25, -0.2) is 0 Å². The molecule has 0 fully saturated rings. The molecule has 100 valence electrons. The molecule has 1 unspecified atom stereocenters. The summed E-state index contributed by atoms with van der Waals surface area (Å²) >= 11 is 5.83. The van der Waals surface area contributed by atoms with Crippen molar-refractivity contribution in [3.05, 3.63) is 64.2 Å². The summed E-state index contributed by atoms with van der Waals surface area (Å²) in [6.45, 7) is 0.0324. The van der Waals surface area contributed by atoms with Crippen LogP contribution in [0.2, 0.25) is 5.02 Å². The van der Waals surface area contributed by atoms with E-state index in [1.165, 1.54) is 0 Å². The molecule has 0 heterocycles. The molecule has 4 heteroatoms. The van der Waals surface area contributed by atoms with Crippen LogP contribution in [0.15, 0.2) is 42.5 Å². The van der Waals surface area contributed by atoms with E-state index in [0.29, 0.717) is 22.7 Å². The van der Waals surface area contributed by atoms with Gasteiger partial charge in [-0.15, -0.1) is 0 Å². The van der Waals surface area contributed by atoms with Crippen LogP contribution < -0.4 is 5.73 Å². The average molecular weight is 278 g/mol. The highest BCUT2D eigenvalue weighted by Gasteiger charge is 2.15. The molecule has 0 saturated carbocycles. The Labute approximate surface area is 117 Å². The smallest absolute Gasteiger partial charge is 0.106 e. The van der Waals surface area contributed by atoms with Gasteiger partial charge in [-0.2, -0.15) is 0 Å². The molecule has 2 rings (SSSR count). The minimum absolute atomic E-state index is 0.0324. The number of nitrogens with two attached hydrogens (primary N) is 1. The molecule has 0 radical (unpaired) electrons. The van der Waals surface area contributed by atoms with Crippen LogP contribution in [0.25, 0.3) is 0 Å². The lowest BCUT2D eigenvalue weighted by Crippen LogP contribution is -2.07. The number of aliphatic hydroxyl groups excluding tert-OH is 2. The first-order valence-corrected chi connectivity index (χ1v) is 6.43. The summed E-state index contributed by atoms with van der Waals surface area (Å²) in [5.41, 5.74) is 8.79. The highest BCUT2D eigenvalue weighted by Crippen LogP contribution is 2.29. The van der Waals surface area contributed by atoms with Gasteiger partial charge in [0.15, 0.2) is 0 Å². The number of para-hydroxylation sites is 1. The van der Waals surface area contributed by atoms with Crippen molar-refractivity contribution in [3.8, 4) is 0 Å². The summed E-state index contributed by atoms with van der Waals surface area (Å²) in [4.78, 5) is 0. The monoisotopic (exact) mass is 277 g/mol. The van der Waals surface area contributed by atoms with Crippen LogP contribution in [0.1, 0.15) is 22.8 Å². The summed E-state index contributed by atoms with van der Waals surface area (Å²) in [6, 6.07) is 12.5. The first-order chi connectivity index (χ1) is 9.13. The zero-order valence-electron chi connectivity index (χ0n) is 10.4. The van der Waals surface area contributed by atoms with Crippen molar-refractivity contribution in [2.24, 2.45) is 0 Å². The van der Waals surface area contributed by atoms with Crippen molar-refractivity contribution in [1.82, 2.24) is 0 Å². The molecule has 0 aliphatic heterocycles. The Bertz CT molecular complexity index is 555. The molecule has 2 aromatic carbocycles. The number of hydrogen-bond acceptors (Lipinski definition) is 3. The Morgan fingerprint density at radius 3 is 2.42 bits per heavy atom. The van der Waals surface area contributed by atoms with Gasteiger partial charge in [0.1, 0.15) is 6.10 Å². The molecular formula is C15H16ClNO2. The van der Waals surface area contributed by atoms with Crippen molar-refractivity contribution < 1.29 is 10.2 Å². The van der Waals surface area contributed by atoms with Gasteiger partial charge < -0.3 is 15.9 Å². The van der Waals surface area contributed by atoms with Gasteiger partial charge >= 0.3 is 0 Å².